The Hall–Kier alpha value is -2.98. The summed E-state index contributed by atoms with van der Waals surface area (Å²) >= 11 is 0. The molecule has 3 aromatic rings. The van der Waals surface area contributed by atoms with E-state index < -0.39 is 11.7 Å². The number of amides is 1. The van der Waals surface area contributed by atoms with Crippen molar-refractivity contribution in [3.63, 3.8) is 0 Å². The van der Waals surface area contributed by atoms with Crippen LogP contribution in [0.15, 0.2) is 54.6 Å². The maximum Gasteiger partial charge on any atom is 0.221 e. The number of ether oxygens (including phenoxy) is 1. The molecule has 0 bridgehead atoms. The van der Waals surface area contributed by atoms with Crippen LogP contribution in [-0.2, 0) is 14.3 Å². The molecule has 1 atom stereocenters. The molecule has 0 fully saturated rings. The van der Waals surface area contributed by atoms with Gasteiger partial charge in [-0.25, -0.2) is 0 Å². The summed E-state index contributed by atoms with van der Waals surface area (Å²) in [5.74, 6) is -0.165. The van der Waals surface area contributed by atoms with Gasteiger partial charge in [0.05, 0.1) is 5.60 Å². The Morgan fingerprint density at radius 3 is 2.30 bits per heavy atom. The summed E-state index contributed by atoms with van der Waals surface area (Å²) in [4.78, 5) is 24.3. The lowest BCUT2D eigenvalue weighted by molar-refractivity contribution is -0.138. The van der Waals surface area contributed by atoms with Gasteiger partial charge in [-0.15, -0.1) is 0 Å². The van der Waals surface area contributed by atoms with Crippen LogP contribution < -0.4 is 5.32 Å². The van der Waals surface area contributed by atoms with Crippen molar-refractivity contribution in [1.82, 2.24) is 0 Å². The summed E-state index contributed by atoms with van der Waals surface area (Å²) in [5.41, 5.74) is 3.99. The molecule has 1 amide bonds. The fourth-order valence-corrected chi connectivity index (χ4v) is 3.81. The maximum absolute atomic E-state index is 12.7. The maximum atomic E-state index is 12.7. The van der Waals surface area contributed by atoms with Gasteiger partial charge in [0.25, 0.3) is 0 Å². The molecule has 3 rings (SSSR count). The smallest absolute Gasteiger partial charge is 0.221 e. The van der Waals surface area contributed by atoms with E-state index >= 15 is 0 Å². The van der Waals surface area contributed by atoms with Gasteiger partial charge in [0.15, 0.2) is 5.78 Å². The van der Waals surface area contributed by atoms with E-state index in [1.165, 1.54) is 6.92 Å². The molecular weight excluding hydrogens is 374 g/mol. The monoisotopic (exact) mass is 403 g/mol. The Morgan fingerprint density at radius 2 is 1.67 bits per heavy atom. The van der Waals surface area contributed by atoms with Crippen LogP contribution in [0, 0.1) is 6.92 Å². The SMILES string of the molecule is CC(=O)Nc1cccc(-c2c([C@H](OC(C)(C)C)C(C)=O)c(C)cc3ccccc23)c1. The number of rotatable bonds is 5. The molecule has 0 radical (unpaired) electrons. The topological polar surface area (TPSA) is 55.4 Å². The van der Waals surface area contributed by atoms with Crippen LogP contribution in [0.5, 0.6) is 0 Å². The molecule has 0 saturated heterocycles. The van der Waals surface area contributed by atoms with Crippen LogP contribution in [-0.4, -0.2) is 17.3 Å². The molecule has 156 valence electrons. The average molecular weight is 404 g/mol. The van der Waals surface area contributed by atoms with E-state index in [1.807, 2.05) is 64.1 Å². The average Bonchev–Trinajstić information content (AvgIpc) is 2.64. The Labute approximate surface area is 178 Å². The highest BCUT2D eigenvalue weighted by Crippen LogP contribution is 2.41. The van der Waals surface area contributed by atoms with Gasteiger partial charge < -0.3 is 10.1 Å². The predicted molar refractivity (Wildman–Crippen MR) is 123 cm³/mol. The number of aryl methyl sites for hydroxylation is 1. The molecule has 30 heavy (non-hydrogen) atoms. The minimum Gasteiger partial charge on any atom is -0.360 e. The lowest BCUT2D eigenvalue weighted by atomic mass is 9.86. The van der Waals surface area contributed by atoms with Gasteiger partial charge in [0.2, 0.25) is 5.91 Å². The highest BCUT2D eigenvalue weighted by molar-refractivity contribution is 6.02. The first kappa shape index (κ1) is 21.7. The minimum atomic E-state index is -0.686. The summed E-state index contributed by atoms with van der Waals surface area (Å²) in [7, 11) is 0. The van der Waals surface area contributed by atoms with Crippen LogP contribution >= 0.6 is 0 Å². The molecule has 0 heterocycles. The molecule has 0 unspecified atom stereocenters. The van der Waals surface area contributed by atoms with E-state index in [1.54, 1.807) is 6.92 Å². The first-order chi connectivity index (χ1) is 14.1. The molecule has 0 aliphatic heterocycles. The fraction of sp³-hybridized carbons (Fsp3) is 0.308. The number of benzene rings is 3. The van der Waals surface area contributed by atoms with Crippen molar-refractivity contribution in [2.24, 2.45) is 0 Å². The van der Waals surface area contributed by atoms with Crippen molar-refractivity contribution >= 4 is 28.2 Å². The van der Waals surface area contributed by atoms with Crippen LogP contribution in [0.2, 0.25) is 0 Å². The molecular formula is C26H29NO3. The number of carbonyl (C=O) groups is 2. The van der Waals surface area contributed by atoms with Crippen molar-refractivity contribution in [2.45, 2.75) is 53.2 Å². The Morgan fingerprint density at radius 1 is 0.967 bits per heavy atom. The molecule has 0 spiro atoms. The first-order valence-electron chi connectivity index (χ1n) is 10.2. The Bertz CT molecular complexity index is 1110. The van der Waals surface area contributed by atoms with E-state index in [-0.39, 0.29) is 11.7 Å². The molecule has 1 N–H and O–H groups in total. The minimum absolute atomic E-state index is 0.0393. The zero-order valence-electron chi connectivity index (χ0n) is 18.5. The second kappa shape index (κ2) is 8.41. The lowest BCUT2D eigenvalue weighted by Gasteiger charge is -2.29. The second-order valence-corrected chi connectivity index (χ2v) is 8.69. The third-order valence-electron chi connectivity index (χ3n) is 4.87. The molecule has 0 aromatic heterocycles. The summed E-state index contributed by atoms with van der Waals surface area (Å²) in [5, 5.41) is 4.99. The van der Waals surface area contributed by atoms with Crippen molar-refractivity contribution < 1.29 is 14.3 Å². The number of fused-ring (bicyclic) bond motifs is 1. The fourth-order valence-electron chi connectivity index (χ4n) is 3.81. The number of Topliss-reactive ketones (excluding diaryl/α,β-unsaturated/α-hetero) is 1. The van der Waals surface area contributed by atoms with Crippen LogP contribution in [0.4, 0.5) is 5.69 Å². The normalized spacial score (nSPS) is 12.6. The number of anilines is 1. The molecule has 4 heteroatoms. The van der Waals surface area contributed by atoms with Gasteiger partial charge in [-0.1, -0.05) is 42.5 Å². The van der Waals surface area contributed by atoms with Crippen LogP contribution in [0.25, 0.3) is 21.9 Å². The van der Waals surface area contributed by atoms with Gasteiger partial charge >= 0.3 is 0 Å². The van der Waals surface area contributed by atoms with Gasteiger partial charge in [0, 0.05) is 12.6 Å². The highest BCUT2D eigenvalue weighted by Gasteiger charge is 2.29. The first-order valence-corrected chi connectivity index (χ1v) is 10.2. The van der Waals surface area contributed by atoms with Crippen molar-refractivity contribution in [2.75, 3.05) is 5.32 Å². The van der Waals surface area contributed by atoms with Gasteiger partial charge in [-0.2, -0.15) is 0 Å². The third-order valence-corrected chi connectivity index (χ3v) is 4.87. The van der Waals surface area contributed by atoms with Crippen molar-refractivity contribution in [3.8, 4) is 11.1 Å². The standard InChI is InChI=1S/C26H29NO3/c1-16-14-19-10-7-8-13-22(19)24(20-11-9-12-21(15-20)27-18(3)29)23(16)25(17(2)28)30-26(4,5)6/h7-15,25H,1-6H3,(H,27,29)/t25-/m1/s1. The number of hydrogen-bond donors (Lipinski definition) is 1. The Kier molecular flexibility index (Phi) is 6.09. The number of carbonyl (C=O) groups excluding carboxylic acids is 2. The highest BCUT2D eigenvalue weighted by atomic mass is 16.5. The Balaban J connectivity index is 2.35. The number of nitrogens with one attached hydrogen (secondary N) is 1. The van der Waals surface area contributed by atoms with Crippen molar-refractivity contribution in [1.29, 1.82) is 0 Å². The molecule has 0 saturated carbocycles. The third kappa shape index (κ3) is 4.77. The van der Waals surface area contributed by atoms with E-state index in [2.05, 4.69) is 23.5 Å². The lowest BCUT2D eigenvalue weighted by Crippen LogP contribution is -2.27. The van der Waals surface area contributed by atoms with Crippen molar-refractivity contribution in [3.05, 3.63) is 65.7 Å². The van der Waals surface area contributed by atoms with Crippen LogP contribution in [0.3, 0.4) is 0 Å². The number of ketones is 1. The van der Waals surface area contributed by atoms with E-state index in [4.69, 9.17) is 4.74 Å². The quantitative estimate of drug-likeness (QED) is 0.550. The molecule has 4 nitrogen and oxygen atoms in total. The van der Waals surface area contributed by atoms with Crippen LogP contribution in [0.1, 0.15) is 51.8 Å². The van der Waals surface area contributed by atoms with Gasteiger partial charge in [-0.3, -0.25) is 9.59 Å². The van der Waals surface area contributed by atoms with E-state index in [0.717, 1.165) is 33.0 Å². The largest absolute Gasteiger partial charge is 0.360 e. The predicted octanol–water partition coefficient (Wildman–Crippen LogP) is 6.22. The summed E-state index contributed by atoms with van der Waals surface area (Å²) in [6.07, 6.45) is -0.686. The summed E-state index contributed by atoms with van der Waals surface area (Å²) < 4.78 is 6.25. The summed E-state index contributed by atoms with van der Waals surface area (Å²) in [6, 6.07) is 18.0. The van der Waals surface area contributed by atoms with E-state index in [0.29, 0.717) is 5.69 Å². The molecule has 0 aliphatic rings. The zero-order valence-corrected chi connectivity index (χ0v) is 18.5. The zero-order chi connectivity index (χ0) is 22.1. The van der Waals surface area contributed by atoms with E-state index in [9.17, 15) is 9.59 Å². The number of hydrogen-bond acceptors (Lipinski definition) is 3. The molecule has 3 aromatic carbocycles. The van der Waals surface area contributed by atoms with Gasteiger partial charge in [0.1, 0.15) is 6.10 Å². The van der Waals surface area contributed by atoms with Gasteiger partial charge in [-0.05, 0) is 79.8 Å². The summed E-state index contributed by atoms with van der Waals surface area (Å²) in [6.45, 7) is 10.9. The second-order valence-electron chi connectivity index (χ2n) is 8.69. The molecule has 0 aliphatic carbocycles.